The summed E-state index contributed by atoms with van der Waals surface area (Å²) in [5.41, 5.74) is 0. The molecule has 0 unspecified atom stereocenters. The average molecular weight is 286 g/mol. The second-order valence-electron chi connectivity index (χ2n) is 4.14. The lowest BCUT2D eigenvalue weighted by Crippen LogP contribution is -2.38. The summed E-state index contributed by atoms with van der Waals surface area (Å²) in [5, 5.41) is 8.48. The summed E-state index contributed by atoms with van der Waals surface area (Å²) in [6.45, 7) is 8.82. The van der Waals surface area contributed by atoms with Gasteiger partial charge < -0.3 is 19.3 Å². The molecule has 0 saturated carbocycles. The average Bonchev–Trinajstić information content (AvgIpc) is 2.39. The van der Waals surface area contributed by atoms with E-state index in [-0.39, 0.29) is 26.1 Å². The van der Waals surface area contributed by atoms with Crippen LogP contribution in [0.3, 0.4) is 0 Å². The molecule has 114 valence electrons. The zero-order valence-electron chi connectivity index (χ0n) is 11.8. The SMILES string of the molecule is C=CCOC(C)(OCC=C)OC(=O)CCCCC(=O)O. The number of hydrogen-bond donors (Lipinski definition) is 1. The van der Waals surface area contributed by atoms with Gasteiger partial charge in [0.1, 0.15) is 0 Å². The number of rotatable bonds is 12. The molecule has 0 rings (SSSR count). The fourth-order valence-corrected chi connectivity index (χ4v) is 1.32. The Morgan fingerprint density at radius 1 is 1.10 bits per heavy atom. The first kappa shape index (κ1) is 18.3. The molecule has 6 heteroatoms. The lowest BCUT2D eigenvalue weighted by molar-refractivity contribution is -0.345. The monoisotopic (exact) mass is 286 g/mol. The van der Waals surface area contributed by atoms with Crippen LogP contribution in [0, 0.1) is 0 Å². The highest BCUT2D eigenvalue weighted by Gasteiger charge is 2.30. The highest BCUT2D eigenvalue weighted by atomic mass is 16.9. The quantitative estimate of drug-likeness (QED) is 0.256. The Hall–Kier alpha value is -1.66. The number of aliphatic carboxylic acids is 1. The van der Waals surface area contributed by atoms with Crippen molar-refractivity contribution in [2.45, 2.75) is 38.6 Å². The zero-order valence-corrected chi connectivity index (χ0v) is 11.8. The van der Waals surface area contributed by atoms with E-state index >= 15 is 0 Å². The van der Waals surface area contributed by atoms with E-state index in [1.54, 1.807) is 0 Å². The minimum Gasteiger partial charge on any atom is -0.481 e. The summed E-state index contributed by atoms with van der Waals surface area (Å²) < 4.78 is 15.7. The minimum absolute atomic E-state index is 0.0322. The van der Waals surface area contributed by atoms with Gasteiger partial charge in [-0.25, -0.2) is 0 Å². The fraction of sp³-hybridized carbons (Fsp3) is 0.571. The zero-order chi connectivity index (χ0) is 15.4. The Kier molecular flexibility index (Phi) is 9.32. The molecule has 0 aromatic carbocycles. The maximum atomic E-state index is 11.6. The topological polar surface area (TPSA) is 82.1 Å². The van der Waals surface area contributed by atoms with Gasteiger partial charge in [0.15, 0.2) is 0 Å². The third kappa shape index (κ3) is 9.29. The normalized spacial score (nSPS) is 10.8. The van der Waals surface area contributed by atoms with Crippen molar-refractivity contribution in [2.24, 2.45) is 0 Å². The molecule has 0 fully saturated rings. The second-order valence-corrected chi connectivity index (χ2v) is 4.14. The van der Waals surface area contributed by atoms with E-state index in [0.717, 1.165) is 0 Å². The van der Waals surface area contributed by atoms with E-state index in [4.69, 9.17) is 19.3 Å². The van der Waals surface area contributed by atoms with Gasteiger partial charge in [-0.3, -0.25) is 9.59 Å². The van der Waals surface area contributed by atoms with Crippen LogP contribution in [0.15, 0.2) is 25.3 Å². The first-order chi connectivity index (χ1) is 9.43. The van der Waals surface area contributed by atoms with Gasteiger partial charge in [0.25, 0.3) is 0 Å². The summed E-state index contributed by atoms with van der Waals surface area (Å²) >= 11 is 0. The highest BCUT2D eigenvalue weighted by molar-refractivity contribution is 5.70. The van der Waals surface area contributed by atoms with Crippen molar-refractivity contribution in [3.8, 4) is 0 Å². The number of carboxylic acid groups (broad SMARTS) is 1. The van der Waals surface area contributed by atoms with Gasteiger partial charge >= 0.3 is 17.9 Å². The molecular weight excluding hydrogens is 264 g/mol. The smallest absolute Gasteiger partial charge is 0.326 e. The third-order valence-electron chi connectivity index (χ3n) is 2.25. The molecule has 0 spiro atoms. The fourth-order valence-electron chi connectivity index (χ4n) is 1.32. The minimum atomic E-state index is -1.49. The Balaban J connectivity index is 4.19. The number of carbonyl (C=O) groups excluding carboxylic acids is 1. The molecule has 0 heterocycles. The van der Waals surface area contributed by atoms with Crippen LogP contribution in [0.5, 0.6) is 0 Å². The molecular formula is C14H22O6. The number of carbonyl (C=O) groups is 2. The molecule has 0 amide bonds. The van der Waals surface area contributed by atoms with Gasteiger partial charge in [0, 0.05) is 19.8 Å². The third-order valence-corrected chi connectivity index (χ3v) is 2.25. The van der Waals surface area contributed by atoms with Crippen molar-refractivity contribution >= 4 is 11.9 Å². The standard InChI is InChI=1S/C14H22O6/c1-4-10-18-14(3,19-11-5-2)20-13(17)9-7-6-8-12(15)16/h4-5H,1-2,6-11H2,3H3,(H,15,16). The highest BCUT2D eigenvalue weighted by Crippen LogP contribution is 2.17. The van der Waals surface area contributed by atoms with Crippen molar-refractivity contribution < 1.29 is 28.9 Å². The summed E-state index contributed by atoms with van der Waals surface area (Å²) in [5.74, 6) is -2.88. The van der Waals surface area contributed by atoms with E-state index in [1.165, 1.54) is 19.1 Å². The number of unbranched alkanes of at least 4 members (excludes halogenated alkanes) is 1. The van der Waals surface area contributed by atoms with Gasteiger partial charge in [-0.15, -0.1) is 13.2 Å². The molecule has 20 heavy (non-hydrogen) atoms. The predicted octanol–water partition coefficient (Wildman–Crippen LogP) is 2.25. The van der Waals surface area contributed by atoms with Gasteiger partial charge in [-0.05, 0) is 12.8 Å². The van der Waals surface area contributed by atoms with Gasteiger partial charge in [-0.2, -0.15) is 0 Å². The van der Waals surface area contributed by atoms with Crippen molar-refractivity contribution in [3.05, 3.63) is 25.3 Å². The van der Waals surface area contributed by atoms with E-state index < -0.39 is 17.9 Å². The second kappa shape index (κ2) is 10.2. The van der Waals surface area contributed by atoms with Gasteiger partial charge in [0.2, 0.25) is 0 Å². The predicted molar refractivity (Wildman–Crippen MR) is 72.9 cm³/mol. The van der Waals surface area contributed by atoms with Gasteiger partial charge in [-0.1, -0.05) is 12.2 Å². The molecule has 0 radical (unpaired) electrons. The number of hydrogen-bond acceptors (Lipinski definition) is 5. The van der Waals surface area contributed by atoms with Crippen molar-refractivity contribution in [1.82, 2.24) is 0 Å². The maximum Gasteiger partial charge on any atom is 0.326 e. The first-order valence-corrected chi connectivity index (χ1v) is 6.37. The Morgan fingerprint density at radius 2 is 1.60 bits per heavy atom. The molecule has 0 bridgehead atoms. The molecule has 0 aliphatic carbocycles. The van der Waals surface area contributed by atoms with E-state index in [2.05, 4.69) is 13.2 Å². The largest absolute Gasteiger partial charge is 0.481 e. The van der Waals surface area contributed by atoms with Crippen LogP contribution in [0.2, 0.25) is 0 Å². The van der Waals surface area contributed by atoms with Crippen molar-refractivity contribution in [3.63, 3.8) is 0 Å². The van der Waals surface area contributed by atoms with Crippen LogP contribution >= 0.6 is 0 Å². The van der Waals surface area contributed by atoms with Crippen LogP contribution < -0.4 is 0 Å². The van der Waals surface area contributed by atoms with Gasteiger partial charge in [0.05, 0.1) is 13.2 Å². The van der Waals surface area contributed by atoms with Crippen LogP contribution in [-0.4, -0.2) is 36.2 Å². The molecule has 1 N–H and O–H groups in total. The lowest BCUT2D eigenvalue weighted by atomic mass is 10.2. The summed E-state index contributed by atoms with van der Waals surface area (Å²) in [6, 6.07) is 0. The van der Waals surface area contributed by atoms with Crippen LogP contribution in [0.4, 0.5) is 0 Å². The van der Waals surface area contributed by atoms with Crippen molar-refractivity contribution in [1.29, 1.82) is 0 Å². The molecule has 0 atom stereocenters. The lowest BCUT2D eigenvalue weighted by Gasteiger charge is -2.28. The molecule has 0 aliphatic heterocycles. The summed E-state index contributed by atoms with van der Waals surface area (Å²) in [7, 11) is 0. The Labute approximate surface area is 119 Å². The number of ether oxygens (including phenoxy) is 3. The number of carboxylic acids is 1. The first-order valence-electron chi connectivity index (χ1n) is 6.37. The molecule has 0 aromatic rings. The molecule has 0 aromatic heterocycles. The summed E-state index contributed by atoms with van der Waals surface area (Å²) in [6.07, 6.45) is 4.01. The summed E-state index contributed by atoms with van der Waals surface area (Å²) in [4.78, 5) is 22.0. The molecule has 0 saturated heterocycles. The van der Waals surface area contributed by atoms with E-state index in [1.807, 2.05) is 0 Å². The van der Waals surface area contributed by atoms with E-state index in [0.29, 0.717) is 12.8 Å². The van der Waals surface area contributed by atoms with Crippen LogP contribution in [-0.2, 0) is 23.8 Å². The van der Waals surface area contributed by atoms with Crippen molar-refractivity contribution in [2.75, 3.05) is 13.2 Å². The molecule has 0 aliphatic rings. The van der Waals surface area contributed by atoms with E-state index in [9.17, 15) is 9.59 Å². The van der Waals surface area contributed by atoms with Crippen LogP contribution in [0.25, 0.3) is 0 Å². The maximum absolute atomic E-state index is 11.6. The number of esters is 1. The Morgan fingerprint density at radius 3 is 2.05 bits per heavy atom. The Bertz CT molecular complexity index is 325. The molecule has 6 nitrogen and oxygen atoms in total. The van der Waals surface area contributed by atoms with Crippen LogP contribution in [0.1, 0.15) is 32.6 Å².